The van der Waals surface area contributed by atoms with Crippen molar-refractivity contribution in [3.8, 4) is 0 Å². The molecule has 0 fully saturated rings. The Bertz CT molecular complexity index is 912. The summed E-state index contributed by atoms with van der Waals surface area (Å²) in [6.45, 7) is 2.87. The summed E-state index contributed by atoms with van der Waals surface area (Å²) in [5.74, 6) is -0.771. The standard InChI is InChI=1S/C22H18O4/c1-13(23)25-21-11-12-22(26-14(2)24)18-10-6-4-8-16(18)20(22)19(21)15-7-3-5-9-17(15)21/h3-12,19-20H,1-2H3/t19-,20-,21+,22+/m1/s1. The molecule has 4 nitrogen and oxygen atoms in total. The fourth-order valence-electron chi connectivity index (χ4n) is 5.16. The molecule has 130 valence electrons. The van der Waals surface area contributed by atoms with E-state index in [1.807, 2.05) is 48.6 Å². The number of fused-ring (bicyclic) bond motifs is 9. The molecule has 2 aromatic carbocycles. The molecule has 0 radical (unpaired) electrons. The normalized spacial score (nSPS) is 31.9. The van der Waals surface area contributed by atoms with Crippen LogP contribution in [0.2, 0.25) is 0 Å². The Balaban J connectivity index is 1.74. The van der Waals surface area contributed by atoms with E-state index in [1.165, 1.54) is 13.8 Å². The van der Waals surface area contributed by atoms with Gasteiger partial charge in [-0.15, -0.1) is 0 Å². The molecule has 3 aliphatic rings. The van der Waals surface area contributed by atoms with Gasteiger partial charge < -0.3 is 9.47 Å². The Kier molecular flexibility index (Phi) is 2.87. The van der Waals surface area contributed by atoms with Crippen LogP contribution < -0.4 is 0 Å². The Morgan fingerprint density at radius 2 is 1.12 bits per heavy atom. The van der Waals surface area contributed by atoms with E-state index in [0.29, 0.717) is 0 Å². The minimum Gasteiger partial charge on any atom is -0.449 e. The van der Waals surface area contributed by atoms with Crippen LogP contribution in [0.4, 0.5) is 0 Å². The van der Waals surface area contributed by atoms with E-state index in [-0.39, 0.29) is 23.8 Å². The van der Waals surface area contributed by atoms with Gasteiger partial charge in [0.2, 0.25) is 0 Å². The van der Waals surface area contributed by atoms with Crippen LogP contribution >= 0.6 is 0 Å². The smallest absolute Gasteiger partial charge is 0.303 e. The third-order valence-electron chi connectivity index (χ3n) is 5.89. The Morgan fingerprint density at radius 3 is 1.50 bits per heavy atom. The van der Waals surface area contributed by atoms with Gasteiger partial charge in [-0.25, -0.2) is 0 Å². The fraction of sp³-hybridized carbons (Fsp3) is 0.273. The molecule has 0 saturated heterocycles. The molecule has 0 unspecified atom stereocenters. The summed E-state index contributed by atoms with van der Waals surface area (Å²) in [6.07, 6.45) is 3.83. The monoisotopic (exact) mass is 346 g/mol. The van der Waals surface area contributed by atoms with E-state index in [0.717, 1.165) is 22.3 Å². The highest BCUT2D eigenvalue weighted by molar-refractivity contribution is 5.73. The topological polar surface area (TPSA) is 52.6 Å². The Morgan fingerprint density at radius 1 is 0.731 bits per heavy atom. The van der Waals surface area contributed by atoms with Gasteiger partial charge in [0.1, 0.15) is 0 Å². The molecule has 26 heavy (non-hydrogen) atoms. The van der Waals surface area contributed by atoms with Crippen LogP contribution in [0.15, 0.2) is 60.7 Å². The van der Waals surface area contributed by atoms with E-state index in [1.54, 1.807) is 0 Å². The van der Waals surface area contributed by atoms with Crippen molar-refractivity contribution in [3.63, 3.8) is 0 Å². The third-order valence-corrected chi connectivity index (χ3v) is 5.89. The van der Waals surface area contributed by atoms with Gasteiger partial charge in [-0.1, -0.05) is 48.5 Å². The van der Waals surface area contributed by atoms with Crippen LogP contribution in [0, 0.1) is 0 Å². The maximum Gasteiger partial charge on any atom is 0.303 e. The minimum atomic E-state index is -0.787. The van der Waals surface area contributed by atoms with E-state index in [4.69, 9.17) is 9.47 Å². The zero-order valence-electron chi connectivity index (χ0n) is 14.6. The lowest BCUT2D eigenvalue weighted by molar-refractivity contribution is -0.176. The predicted molar refractivity (Wildman–Crippen MR) is 94.4 cm³/mol. The number of carbonyl (C=O) groups excluding carboxylic acids is 2. The highest BCUT2D eigenvalue weighted by Gasteiger charge is 2.69. The molecule has 0 spiro atoms. The van der Waals surface area contributed by atoms with E-state index in [2.05, 4.69) is 12.1 Å². The van der Waals surface area contributed by atoms with E-state index in [9.17, 15) is 9.59 Å². The SMILES string of the molecule is CC(=O)O[C@]12C=C[C@]3(OC(C)=O)c4ccccc4[C@@H]3[C@H]1c1ccccc12. The van der Waals surface area contributed by atoms with Gasteiger partial charge in [-0.05, 0) is 23.3 Å². The van der Waals surface area contributed by atoms with Crippen LogP contribution in [0.3, 0.4) is 0 Å². The zero-order valence-corrected chi connectivity index (χ0v) is 14.6. The van der Waals surface area contributed by atoms with Crippen LogP contribution in [0.25, 0.3) is 0 Å². The van der Waals surface area contributed by atoms with Crippen molar-refractivity contribution >= 4 is 11.9 Å². The van der Waals surface area contributed by atoms with Gasteiger partial charge in [0.05, 0.1) is 0 Å². The molecule has 0 aliphatic heterocycles. The van der Waals surface area contributed by atoms with Gasteiger partial charge in [-0.2, -0.15) is 0 Å². The summed E-state index contributed by atoms with van der Waals surface area (Å²) in [6, 6.07) is 16.0. The number of benzene rings is 2. The first-order valence-corrected chi connectivity index (χ1v) is 8.78. The van der Waals surface area contributed by atoms with Crippen LogP contribution in [0.1, 0.15) is 47.9 Å². The lowest BCUT2D eigenvalue weighted by Gasteiger charge is -2.62. The number of hydrogen-bond acceptors (Lipinski definition) is 4. The van der Waals surface area contributed by atoms with Gasteiger partial charge in [0.25, 0.3) is 0 Å². The number of rotatable bonds is 2. The molecule has 5 rings (SSSR count). The summed E-state index contributed by atoms with van der Waals surface area (Å²) >= 11 is 0. The Labute approximate surface area is 151 Å². The van der Waals surface area contributed by atoms with Crippen molar-refractivity contribution < 1.29 is 19.1 Å². The maximum absolute atomic E-state index is 11.9. The number of esters is 2. The van der Waals surface area contributed by atoms with Crippen molar-refractivity contribution in [2.45, 2.75) is 36.9 Å². The first-order valence-electron chi connectivity index (χ1n) is 8.78. The van der Waals surface area contributed by atoms with Crippen molar-refractivity contribution in [2.24, 2.45) is 0 Å². The summed E-state index contributed by atoms with van der Waals surface area (Å²) in [4.78, 5) is 23.7. The average Bonchev–Trinajstić information content (AvgIpc) is 2.60. The second-order valence-corrected chi connectivity index (χ2v) is 7.24. The average molecular weight is 346 g/mol. The van der Waals surface area contributed by atoms with Gasteiger partial charge in [0.15, 0.2) is 11.2 Å². The largest absolute Gasteiger partial charge is 0.449 e. The fourth-order valence-corrected chi connectivity index (χ4v) is 5.16. The highest BCUT2D eigenvalue weighted by Crippen LogP contribution is 2.71. The molecular formula is C22H18O4. The Hall–Kier alpha value is -2.88. The molecule has 2 aromatic rings. The zero-order chi connectivity index (χ0) is 18.1. The predicted octanol–water partition coefficient (Wildman–Crippen LogP) is 3.67. The van der Waals surface area contributed by atoms with Crippen molar-refractivity contribution in [1.82, 2.24) is 0 Å². The van der Waals surface area contributed by atoms with Gasteiger partial charge >= 0.3 is 11.9 Å². The van der Waals surface area contributed by atoms with E-state index < -0.39 is 11.2 Å². The molecule has 0 aromatic heterocycles. The van der Waals surface area contributed by atoms with E-state index >= 15 is 0 Å². The van der Waals surface area contributed by atoms with Crippen LogP contribution in [-0.4, -0.2) is 11.9 Å². The summed E-state index contributed by atoms with van der Waals surface area (Å²) < 4.78 is 11.7. The second kappa shape index (κ2) is 4.85. The molecule has 0 bridgehead atoms. The molecule has 0 N–H and O–H groups in total. The number of ether oxygens (including phenoxy) is 2. The summed E-state index contributed by atoms with van der Waals surface area (Å²) in [5, 5.41) is 0. The van der Waals surface area contributed by atoms with Crippen molar-refractivity contribution in [3.05, 3.63) is 82.9 Å². The second-order valence-electron chi connectivity index (χ2n) is 7.24. The lowest BCUT2D eigenvalue weighted by atomic mass is 9.45. The molecule has 3 aliphatic carbocycles. The number of hydrogen-bond donors (Lipinski definition) is 0. The number of carbonyl (C=O) groups is 2. The lowest BCUT2D eigenvalue weighted by Crippen LogP contribution is -2.60. The minimum absolute atomic E-state index is 0.0677. The van der Waals surface area contributed by atoms with Crippen LogP contribution in [0.5, 0.6) is 0 Å². The van der Waals surface area contributed by atoms with Crippen molar-refractivity contribution in [2.75, 3.05) is 0 Å². The molecule has 0 amide bonds. The van der Waals surface area contributed by atoms with Crippen molar-refractivity contribution in [1.29, 1.82) is 0 Å². The first-order chi connectivity index (χ1) is 12.5. The first kappa shape index (κ1) is 15.4. The molecule has 0 heterocycles. The molecule has 0 saturated carbocycles. The summed E-state index contributed by atoms with van der Waals surface area (Å²) in [7, 11) is 0. The highest BCUT2D eigenvalue weighted by atomic mass is 16.6. The molecule has 4 heteroatoms. The maximum atomic E-state index is 11.9. The molecule has 4 atom stereocenters. The van der Waals surface area contributed by atoms with Gasteiger partial charge in [0, 0.05) is 36.8 Å². The quantitative estimate of drug-likeness (QED) is 0.615. The third kappa shape index (κ3) is 1.64. The molecular weight excluding hydrogens is 328 g/mol. The van der Waals surface area contributed by atoms with Crippen LogP contribution in [-0.2, 0) is 30.3 Å². The summed E-state index contributed by atoms with van der Waals surface area (Å²) in [5.41, 5.74) is 2.74. The van der Waals surface area contributed by atoms with Gasteiger partial charge in [-0.3, -0.25) is 9.59 Å².